The zero-order valence-corrected chi connectivity index (χ0v) is 16.8. The summed E-state index contributed by atoms with van der Waals surface area (Å²) in [4.78, 5) is 27.6. The summed E-state index contributed by atoms with van der Waals surface area (Å²) in [7, 11) is 0. The highest BCUT2D eigenvalue weighted by Crippen LogP contribution is 2.29. The summed E-state index contributed by atoms with van der Waals surface area (Å²) in [6.45, 7) is 5.26. The second-order valence-corrected chi connectivity index (χ2v) is 7.79. The number of hydrogen-bond donors (Lipinski definition) is 2. The average Bonchev–Trinajstić information content (AvgIpc) is 2.93. The maximum Gasteiger partial charge on any atom is 0.329 e. The van der Waals surface area contributed by atoms with E-state index in [0.29, 0.717) is 19.5 Å². The minimum Gasteiger partial charge on any atom is -0.481 e. The van der Waals surface area contributed by atoms with E-state index in [4.69, 9.17) is 5.11 Å². The summed E-state index contributed by atoms with van der Waals surface area (Å²) in [5, 5.41) is 12.3. The Labute approximate surface area is 171 Å². The Bertz CT molecular complexity index is 941. The second-order valence-electron chi connectivity index (χ2n) is 7.79. The van der Waals surface area contributed by atoms with Crippen LogP contribution in [0.15, 0.2) is 36.4 Å². The van der Waals surface area contributed by atoms with Crippen LogP contribution in [0.2, 0.25) is 0 Å². The lowest BCUT2D eigenvalue weighted by Gasteiger charge is -2.21. The fourth-order valence-electron chi connectivity index (χ4n) is 4.21. The zero-order valence-electron chi connectivity index (χ0n) is 16.8. The van der Waals surface area contributed by atoms with Gasteiger partial charge in [-0.15, -0.1) is 0 Å². The van der Waals surface area contributed by atoms with Crippen molar-refractivity contribution in [3.05, 3.63) is 58.7 Å². The molecule has 2 aliphatic rings. The molecule has 0 saturated carbocycles. The number of carbonyl (C=O) groups excluding carboxylic acids is 1. The van der Waals surface area contributed by atoms with E-state index in [1.165, 1.54) is 11.1 Å². The molecule has 6 heteroatoms. The number of anilines is 2. The van der Waals surface area contributed by atoms with Crippen LogP contribution < -0.4 is 15.1 Å². The van der Waals surface area contributed by atoms with Crippen molar-refractivity contribution in [2.75, 3.05) is 36.0 Å². The Morgan fingerprint density at radius 1 is 1.00 bits per heavy atom. The van der Waals surface area contributed by atoms with Crippen molar-refractivity contribution in [2.24, 2.45) is 0 Å². The quantitative estimate of drug-likeness (QED) is 0.819. The lowest BCUT2D eigenvalue weighted by molar-refractivity contribution is -0.136. The molecule has 6 nitrogen and oxygen atoms in total. The number of amides is 2. The summed E-state index contributed by atoms with van der Waals surface area (Å²) < 4.78 is 0. The van der Waals surface area contributed by atoms with E-state index >= 15 is 0 Å². The average molecular weight is 393 g/mol. The molecule has 0 unspecified atom stereocenters. The Balaban J connectivity index is 1.51. The van der Waals surface area contributed by atoms with Gasteiger partial charge in [-0.25, -0.2) is 4.79 Å². The zero-order chi connectivity index (χ0) is 20.4. The van der Waals surface area contributed by atoms with Gasteiger partial charge in [0.25, 0.3) is 0 Å². The van der Waals surface area contributed by atoms with Gasteiger partial charge < -0.3 is 10.4 Å². The van der Waals surface area contributed by atoms with Gasteiger partial charge in [-0.2, -0.15) is 0 Å². The summed E-state index contributed by atoms with van der Waals surface area (Å²) in [6, 6.07) is 12.2. The van der Waals surface area contributed by atoms with Crippen molar-refractivity contribution in [3.63, 3.8) is 0 Å². The van der Waals surface area contributed by atoms with Crippen LogP contribution in [-0.2, 0) is 24.1 Å². The molecule has 0 bridgehead atoms. The predicted molar refractivity (Wildman–Crippen MR) is 114 cm³/mol. The fourth-order valence-corrected chi connectivity index (χ4v) is 4.21. The third-order valence-corrected chi connectivity index (χ3v) is 5.90. The number of aliphatic carboxylic acids is 1. The number of aryl methyl sites for hydroxylation is 2. The first-order chi connectivity index (χ1) is 14.0. The van der Waals surface area contributed by atoms with E-state index in [0.717, 1.165) is 48.4 Å². The van der Waals surface area contributed by atoms with Crippen molar-refractivity contribution in [1.82, 2.24) is 5.32 Å². The molecule has 2 aliphatic heterocycles. The van der Waals surface area contributed by atoms with E-state index in [-0.39, 0.29) is 12.5 Å². The molecule has 1 fully saturated rings. The number of hydrogen-bond acceptors (Lipinski definition) is 3. The number of benzene rings is 2. The lowest BCUT2D eigenvalue weighted by atomic mass is 10.0. The van der Waals surface area contributed by atoms with Crippen LogP contribution in [0.4, 0.5) is 16.2 Å². The van der Waals surface area contributed by atoms with E-state index in [1.807, 2.05) is 30.0 Å². The van der Waals surface area contributed by atoms with Crippen molar-refractivity contribution in [2.45, 2.75) is 32.6 Å². The van der Waals surface area contributed by atoms with Crippen LogP contribution in [0.3, 0.4) is 0 Å². The Kier molecular flexibility index (Phi) is 5.53. The Morgan fingerprint density at radius 3 is 2.34 bits per heavy atom. The van der Waals surface area contributed by atoms with E-state index in [9.17, 15) is 9.59 Å². The number of carboxylic acid groups (broad SMARTS) is 1. The molecule has 1 saturated heterocycles. The number of carbonyl (C=O) groups is 2. The number of fused-ring (bicyclic) bond motifs is 1. The van der Waals surface area contributed by atoms with Crippen molar-refractivity contribution >= 4 is 23.4 Å². The largest absolute Gasteiger partial charge is 0.481 e. The molecule has 0 aromatic heterocycles. The highest BCUT2D eigenvalue weighted by Gasteiger charge is 2.31. The van der Waals surface area contributed by atoms with Gasteiger partial charge in [-0.3, -0.25) is 14.6 Å². The standard InChI is InChI=1S/C23H27N3O3/c1-16-14-20(5-2-17(16)4-7-22(27)28)25-12-13-26(23(25)29)21-6-3-18-8-10-24-11-9-19(18)15-21/h2-3,5-6,14-15,24H,4,7-13H2,1H3,(H,27,28). The number of nitrogens with zero attached hydrogens (tertiary/aromatic N) is 2. The molecule has 2 aromatic carbocycles. The fraction of sp³-hybridized carbons (Fsp3) is 0.391. The van der Waals surface area contributed by atoms with Crippen molar-refractivity contribution in [1.29, 1.82) is 0 Å². The minimum atomic E-state index is -0.796. The summed E-state index contributed by atoms with van der Waals surface area (Å²) in [6.07, 6.45) is 2.64. The first kappa shape index (κ1) is 19.5. The highest BCUT2D eigenvalue weighted by molar-refractivity contribution is 6.06. The SMILES string of the molecule is Cc1cc(N2CCN(c3ccc4c(c3)CCNCC4)C2=O)ccc1CCC(=O)O. The second kappa shape index (κ2) is 8.25. The van der Waals surface area contributed by atoms with Gasteiger partial charge in [-0.1, -0.05) is 12.1 Å². The van der Waals surface area contributed by atoms with E-state index in [2.05, 4.69) is 23.5 Å². The molecule has 2 N–H and O–H groups in total. The highest BCUT2D eigenvalue weighted by atomic mass is 16.4. The summed E-state index contributed by atoms with van der Waals surface area (Å²) in [5.41, 5.74) is 6.57. The minimum absolute atomic E-state index is 0.00520. The molecular weight excluding hydrogens is 366 g/mol. The van der Waals surface area contributed by atoms with Gasteiger partial charge in [0.2, 0.25) is 0 Å². The van der Waals surface area contributed by atoms with E-state index in [1.54, 1.807) is 4.90 Å². The topological polar surface area (TPSA) is 72.9 Å². The number of carboxylic acids is 1. The van der Waals surface area contributed by atoms with Crippen molar-refractivity contribution in [3.8, 4) is 0 Å². The van der Waals surface area contributed by atoms with E-state index < -0.39 is 5.97 Å². The van der Waals surface area contributed by atoms with Crippen LogP contribution in [0.25, 0.3) is 0 Å². The summed E-state index contributed by atoms with van der Waals surface area (Å²) in [5.74, 6) is -0.796. The molecule has 0 atom stereocenters. The Morgan fingerprint density at radius 2 is 1.66 bits per heavy atom. The predicted octanol–water partition coefficient (Wildman–Crippen LogP) is 3.15. The summed E-state index contributed by atoms with van der Waals surface area (Å²) >= 11 is 0. The molecule has 0 spiro atoms. The third kappa shape index (κ3) is 4.12. The third-order valence-electron chi connectivity index (χ3n) is 5.90. The molecule has 152 valence electrons. The maximum atomic E-state index is 13.1. The van der Waals surface area contributed by atoms with Gasteiger partial charge in [0, 0.05) is 30.9 Å². The Hall–Kier alpha value is -2.86. The van der Waals surface area contributed by atoms with Gasteiger partial charge in [0.15, 0.2) is 0 Å². The maximum absolute atomic E-state index is 13.1. The van der Waals surface area contributed by atoms with Gasteiger partial charge >= 0.3 is 12.0 Å². The molecule has 29 heavy (non-hydrogen) atoms. The molecule has 0 radical (unpaired) electrons. The molecule has 0 aliphatic carbocycles. The van der Waals surface area contributed by atoms with Crippen LogP contribution in [0, 0.1) is 6.92 Å². The first-order valence-electron chi connectivity index (χ1n) is 10.3. The normalized spacial score (nSPS) is 16.7. The number of urea groups is 1. The van der Waals surface area contributed by atoms with Crippen LogP contribution in [0.5, 0.6) is 0 Å². The molecule has 4 rings (SSSR count). The van der Waals surface area contributed by atoms with Crippen LogP contribution in [-0.4, -0.2) is 43.3 Å². The number of rotatable bonds is 5. The molecular formula is C23H27N3O3. The monoisotopic (exact) mass is 393 g/mol. The lowest BCUT2D eigenvalue weighted by Crippen LogP contribution is -2.31. The number of nitrogens with one attached hydrogen (secondary N) is 1. The molecule has 2 amide bonds. The smallest absolute Gasteiger partial charge is 0.329 e. The molecule has 2 aromatic rings. The van der Waals surface area contributed by atoms with Crippen LogP contribution >= 0.6 is 0 Å². The van der Waals surface area contributed by atoms with Crippen molar-refractivity contribution < 1.29 is 14.7 Å². The first-order valence-corrected chi connectivity index (χ1v) is 10.3. The van der Waals surface area contributed by atoms with Gasteiger partial charge in [0.1, 0.15) is 0 Å². The van der Waals surface area contributed by atoms with Crippen LogP contribution in [0.1, 0.15) is 28.7 Å². The molecule has 2 heterocycles. The van der Waals surface area contributed by atoms with Gasteiger partial charge in [-0.05, 0) is 85.8 Å². The van der Waals surface area contributed by atoms with Gasteiger partial charge in [0.05, 0.1) is 0 Å².